The van der Waals surface area contributed by atoms with Gasteiger partial charge in [0, 0.05) is 25.6 Å². The summed E-state index contributed by atoms with van der Waals surface area (Å²) < 4.78 is 5.29. The fourth-order valence-electron chi connectivity index (χ4n) is 1.53. The number of guanidine groups is 1. The third-order valence-electron chi connectivity index (χ3n) is 2.45. The molecular weight excluding hydrogens is 226 g/mol. The lowest BCUT2D eigenvalue weighted by Crippen LogP contribution is -2.42. The maximum atomic E-state index is 5.29. The van der Waals surface area contributed by atoms with Gasteiger partial charge in [-0.05, 0) is 32.4 Å². The Labute approximate surface area is 110 Å². The van der Waals surface area contributed by atoms with Crippen LogP contribution in [0.1, 0.15) is 39.4 Å². The van der Waals surface area contributed by atoms with Crippen LogP contribution in [-0.2, 0) is 6.42 Å². The van der Waals surface area contributed by atoms with Gasteiger partial charge in [-0.1, -0.05) is 13.3 Å². The van der Waals surface area contributed by atoms with E-state index in [1.54, 1.807) is 6.26 Å². The van der Waals surface area contributed by atoms with Gasteiger partial charge in [0.05, 0.1) is 6.26 Å². The molecule has 102 valence electrons. The van der Waals surface area contributed by atoms with Crippen molar-refractivity contribution in [3.63, 3.8) is 0 Å². The standard InChI is InChI=1S/C14H25N3O/c1-4-5-9-15-14(17-12(2)3)16-10-8-13-7-6-11-18-13/h6-7,11-12H,4-5,8-10H2,1-3H3,(H2,15,16,17). The summed E-state index contributed by atoms with van der Waals surface area (Å²) in [5, 5.41) is 6.65. The molecule has 0 spiro atoms. The fourth-order valence-corrected chi connectivity index (χ4v) is 1.53. The minimum Gasteiger partial charge on any atom is -0.469 e. The molecule has 0 aliphatic rings. The van der Waals surface area contributed by atoms with Crippen LogP contribution in [0.5, 0.6) is 0 Å². The second kappa shape index (κ2) is 8.61. The number of hydrogen-bond donors (Lipinski definition) is 2. The smallest absolute Gasteiger partial charge is 0.191 e. The molecule has 0 atom stereocenters. The molecule has 1 heterocycles. The Morgan fingerprint density at radius 2 is 2.28 bits per heavy atom. The van der Waals surface area contributed by atoms with Crippen LogP contribution in [0.2, 0.25) is 0 Å². The topological polar surface area (TPSA) is 49.6 Å². The van der Waals surface area contributed by atoms with Gasteiger partial charge in [0.25, 0.3) is 0 Å². The van der Waals surface area contributed by atoms with Crippen LogP contribution in [0.4, 0.5) is 0 Å². The van der Waals surface area contributed by atoms with Gasteiger partial charge in [0.2, 0.25) is 0 Å². The summed E-state index contributed by atoms with van der Waals surface area (Å²) in [6, 6.07) is 4.30. The molecule has 0 saturated carbocycles. The number of rotatable bonds is 7. The molecule has 0 amide bonds. The van der Waals surface area contributed by atoms with E-state index in [9.17, 15) is 0 Å². The lowest BCUT2D eigenvalue weighted by molar-refractivity contribution is 0.506. The molecule has 0 bridgehead atoms. The van der Waals surface area contributed by atoms with E-state index in [-0.39, 0.29) is 0 Å². The molecule has 1 aromatic rings. The molecular formula is C14H25N3O. The molecule has 0 aromatic carbocycles. The van der Waals surface area contributed by atoms with Crippen molar-refractivity contribution in [1.29, 1.82) is 0 Å². The number of nitrogens with zero attached hydrogens (tertiary/aromatic N) is 1. The van der Waals surface area contributed by atoms with Gasteiger partial charge in [-0.25, -0.2) is 0 Å². The van der Waals surface area contributed by atoms with Crippen LogP contribution >= 0.6 is 0 Å². The monoisotopic (exact) mass is 251 g/mol. The average molecular weight is 251 g/mol. The van der Waals surface area contributed by atoms with Gasteiger partial charge >= 0.3 is 0 Å². The van der Waals surface area contributed by atoms with Crippen LogP contribution < -0.4 is 10.6 Å². The van der Waals surface area contributed by atoms with Crippen molar-refractivity contribution in [1.82, 2.24) is 10.6 Å². The van der Waals surface area contributed by atoms with Crippen molar-refractivity contribution in [2.24, 2.45) is 4.99 Å². The van der Waals surface area contributed by atoms with E-state index < -0.39 is 0 Å². The third kappa shape index (κ3) is 6.33. The summed E-state index contributed by atoms with van der Waals surface area (Å²) in [6.45, 7) is 8.11. The Kier molecular flexibility index (Phi) is 6.99. The zero-order valence-electron chi connectivity index (χ0n) is 11.7. The number of furan rings is 1. The molecule has 0 aliphatic heterocycles. The second-order valence-electron chi connectivity index (χ2n) is 4.64. The normalized spacial score (nSPS) is 11.9. The Balaban J connectivity index is 2.33. The van der Waals surface area contributed by atoms with Crippen LogP contribution in [0.25, 0.3) is 0 Å². The Morgan fingerprint density at radius 1 is 1.44 bits per heavy atom. The van der Waals surface area contributed by atoms with Crippen molar-refractivity contribution in [3.05, 3.63) is 24.2 Å². The van der Waals surface area contributed by atoms with E-state index in [2.05, 4.69) is 36.4 Å². The van der Waals surface area contributed by atoms with E-state index >= 15 is 0 Å². The summed E-state index contributed by atoms with van der Waals surface area (Å²) in [4.78, 5) is 4.54. The highest BCUT2D eigenvalue weighted by atomic mass is 16.3. The maximum Gasteiger partial charge on any atom is 0.191 e. The molecule has 18 heavy (non-hydrogen) atoms. The Bertz CT molecular complexity index is 331. The molecule has 4 heteroatoms. The van der Waals surface area contributed by atoms with E-state index in [1.165, 1.54) is 6.42 Å². The first kappa shape index (κ1) is 14.6. The molecule has 0 saturated heterocycles. The Morgan fingerprint density at radius 3 is 2.89 bits per heavy atom. The zero-order chi connectivity index (χ0) is 13.2. The average Bonchev–Trinajstić information content (AvgIpc) is 2.81. The molecule has 2 N–H and O–H groups in total. The van der Waals surface area contributed by atoms with Crippen molar-refractivity contribution in [2.45, 2.75) is 46.1 Å². The summed E-state index contributed by atoms with van der Waals surface area (Å²) in [5.41, 5.74) is 0. The van der Waals surface area contributed by atoms with Crippen LogP contribution in [0.15, 0.2) is 27.8 Å². The summed E-state index contributed by atoms with van der Waals surface area (Å²) >= 11 is 0. The van der Waals surface area contributed by atoms with Gasteiger partial charge in [-0.15, -0.1) is 0 Å². The maximum absolute atomic E-state index is 5.29. The fraction of sp³-hybridized carbons (Fsp3) is 0.643. The molecule has 1 aromatic heterocycles. The van der Waals surface area contributed by atoms with Gasteiger partial charge in [-0.3, -0.25) is 4.99 Å². The number of nitrogens with one attached hydrogen (secondary N) is 2. The van der Waals surface area contributed by atoms with Gasteiger partial charge < -0.3 is 15.1 Å². The van der Waals surface area contributed by atoms with Crippen molar-refractivity contribution in [2.75, 3.05) is 13.1 Å². The molecule has 0 aliphatic carbocycles. The SMILES string of the molecule is CCCCN=C(NCCc1ccco1)NC(C)C. The number of aliphatic imine (C=N–C) groups is 1. The summed E-state index contributed by atoms with van der Waals surface area (Å²) in [6.07, 6.45) is 4.88. The Hall–Kier alpha value is -1.45. The lowest BCUT2D eigenvalue weighted by atomic mass is 10.3. The van der Waals surface area contributed by atoms with E-state index in [0.717, 1.165) is 37.7 Å². The third-order valence-corrected chi connectivity index (χ3v) is 2.45. The molecule has 0 radical (unpaired) electrons. The summed E-state index contributed by atoms with van der Waals surface area (Å²) in [7, 11) is 0. The minimum atomic E-state index is 0.390. The number of hydrogen-bond acceptors (Lipinski definition) is 2. The highest BCUT2D eigenvalue weighted by molar-refractivity contribution is 5.80. The molecule has 4 nitrogen and oxygen atoms in total. The quantitative estimate of drug-likeness (QED) is 0.445. The molecule has 1 rings (SSSR count). The first-order valence-corrected chi connectivity index (χ1v) is 6.79. The lowest BCUT2D eigenvalue weighted by Gasteiger charge is -2.14. The number of unbranched alkanes of at least 4 members (excludes halogenated alkanes) is 1. The second-order valence-corrected chi connectivity index (χ2v) is 4.64. The highest BCUT2D eigenvalue weighted by Crippen LogP contribution is 1.99. The predicted octanol–water partition coefficient (Wildman–Crippen LogP) is 2.57. The first-order chi connectivity index (χ1) is 8.72. The molecule has 0 unspecified atom stereocenters. The van der Waals surface area contributed by atoms with Crippen LogP contribution in [-0.4, -0.2) is 25.1 Å². The van der Waals surface area contributed by atoms with E-state index in [4.69, 9.17) is 4.42 Å². The van der Waals surface area contributed by atoms with Crippen molar-refractivity contribution < 1.29 is 4.42 Å². The van der Waals surface area contributed by atoms with Gasteiger partial charge in [0.1, 0.15) is 5.76 Å². The van der Waals surface area contributed by atoms with Crippen LogP contribution in [0, 0.1) is 0 Å². The van der Waals surface area contributed by atoms with Crippen molar-refractivity contribution >= 4 is 5.96 Å². The van der Waals surface area contributed by atoms with E-state index in [0.29, 0.717) is 6.04 Å². The van der Waals surface area contributed by atoms with Crippen molar-refractivity contribution in [3.8, 4) is 0 Å². The van der Waals surface area contributed by atoms with Gasteiger partial charge in [0.15, 0.2) is 5.96 Å². The summed E-state index contributed by atoms with van der Waals surface area (Å²) in [5.74, 6) is 1.89. The van der Waals surface area contributed by atoms with E-state index in [1.807, 2.05) is 12.1 Å². The molecule has 0 fully saturated rings. The minimum absolute atomic E-state index is 0.390. The largest absolute Gasteiger partial charge is 0.469 e. The van der Waals surface area contributed by atoms with Gasteiger partial charge in [-0.2, -0.15) is 0 Å². The zero-order valence-corrected chi connectivity index (χ0v) is 11.7. The predicted molar refractivity (Wildman–Crippen MR) is 75.9 cm³/mol. The first-order valence-electron chi connectivity index (χ1n) is 6.79. The highest BCUT2D eigenvalue weighted by Gasteiger charge is 2.01. The van der Waals surface area contributed by atoms with Crippen LogP contribution in [0.3, 0.4) is 0 Å².